The molecular weight excluding hydrogens is 162 g/mol. The quantitative estimate of drug-likeness (QED) is 0.683. The number of nitrogens with two attached hydrogens (primary N) is 1. The molecule has 11 heavy (non-hydrogen) atoms. The third-order valence-electron chi connectivity index (χ3n) is 1.20. The van der Waals surface area contributed by atoms with Crippen LogP contribution in [0.5, 0.6) is 0 Å². The fraction of sp³-hybridized carbons (Fsp3) is 0.143. The number of rotatable bonds is 1. The number of nitrogens with zero attached hydrogens (tertiary/aromatic N) is 2. The summed E-state index contributed by atoms with van der Waals surface area (Å²) in [7, 11) is 0. The Bertz CT molecular complexity index is 242. The minimum atomic E-state index is -0.525. The van der Waals surface area contributed by atoms with Crippen LogP contribution in [0.4, 0.5) is 0 Å². The van der Waals surface area contributed by atoms with Crippen molar-refractivity contribution in [3.63, 3.8) is 0 Å². The summed E-state index contributed by atoms with van der Waals surface area (Å²) < 4.78 is 0. The molecule has 0 fully saturated rings. The van der Waals surface area contributed by atoms with Crippen molar-refractivity contribution in [2.75, 3.05) is 0 Å². The van der Waals surface area contributed by atoms with Crippen molar-refractivity contribution in [2.45, 2.75) is 6.04 Å². The van der Waals surface area contributed by atoms with Crippen molar-refractivity contribution in [2.24, 2.45) is 5.73 Å². The van der Waals surface area contributed by atoms with Crippen molar-refractivity contribution in [1.82, 2.24) is 4.98 Å². The van der Waals surface area contributed by atoms with E-state index in [0.29, 0.717) is 0 Å². The first-order valence-electron chi connectivity index (χ1n) is 2.89. The molecule has 1 rings (SSSR count). The van der Waals surface area contributed by atoms with Crippen LogP contribution in [0, 0.1) is 11.3 Å². The summed E-state index contributed by atoms with van der Waals surface area (Å²) in [5.74, 6) is 0. The molecule has 0 aliphatic carbocycles. The van der Waals surface area contributed by atoms with Gasteiger partial charge in [-0.05, 0) is 17.7 Å². The molecule has 1 unspecified atom stereocenters. The topological polar surface area (TPSA) is 62.7 Å². The average Bonchev–Trinajstić information content (AvgIpc) is 2.05. The maximum atomic E-state index is 8.39. The fourth-order valence-corrected chi connectivity index (χ4v) is 0.645. The van der Waals surface area contributed by atoms with Crippen molar-refractivity contribution in [3.05, 3.63) is 30.1 Å². The molecule has 0 aromatic carbocycles. The molecule has 3 nitrogen and oxygen atoms in total. The lowest BCUT2D eigenvalue weighted by atomic mass is 10.1. The number of nitriles is 1. The lowest BCUT2D eigenvalue weighted by Gasteiger charge is -1.98. The van der Waals surface area contributed by atoms with Gasteiger partial charge >= 0.3 is 0 Å². The van der Waals surface area contributed by atoms with E-state index in [1.54, 1.807) is 24.5 Å². The molecule has 58 valence electrons. The van der Waals surface area contributed by atoms with Gasteiger partial charge in [-0.25, -0.2) is 0 Å². The standard InChI is InChI=1S/C7H7N3.ClH/c8-5-7(9)6-1-3-10-4-2-6;/h1-4,7H,9H2;1H. The number of halogens is 1. The van der Waals surface area contributed by atoms with Crippen molar-refractivity contribution in [3.8, 4) is 6.07 Å². The van der Waals surface area contributed by atoms with Gasteiger partial charge in [-0.15, -0.1) is 12.4 Å². The van der Waals surface area contributed by atoms with Gasteiger partial charge < -0.3 is 5.73 Å². The first kappa shape index (κ1) is 9.89. The minimum absolute atomic E-state index is 0. The van der Waals surface area contributed by atoms with Crippen LogP contribution < -0.4 is 5.73 Å². The van der Waals surface area contributed by atoms with E-state index in [0.717, 1.165) is 5.56 Å². The fourth-order valence-electron chi connectivity index (χ4n) is 0.645. The smallest absolute Gasteiger partial charge is 0.118 e. The molecule has 2 N–H and O–H groups in total. The van der Waals surface area contributed by atoms with Gasteiger partial charge in [0.1, 0.15) is 6.04 Å². The Balaban J connectivity index is 0.000001000. The van der Waals surface area contributed by atoms with Crippen molar-refractivity contribution in [1.29, 1.82) is 5.26 Å². The molecule has 0 amide bonds. The molecule has 0 radical (unpaired) electrons. The molecule has 1 aromatic heterocycles. The Hall–Kier alpha value is -1.11. The van der Waals surface area contributed by atoms with Crippen molar-refractivity contribution < 1.29 is 0 Å². The van der Waals surface area contributed by atoms with Crippen LogP contribution in [0.1, 0.15) is 11.6 Å². The van der Waals surface area contributed by atoms with E-state index in [9.17, 15) is 0 Å². The molecule has 0 bridgehead atoms. The zero-order chi connectivity index (χ0) is 7.40. The van der Waals surface area contributed by atoms with Crippen LogP contribution in [-0.2, 0) is 0 Å². The molecule has 0 aliphatic heterocycles. The highest BCUT2D eigenvalue weighted by molar-refractivity contribution is 5.85. The second-order valence-corrected chi connectivity index (χ2v) is 1.89. The van der Waals surface area contributed by atoms with Gasteiger partial charge in [0.25, 0.3) is 0 Å². The van der Waals surface area contributed by atoms with Gasteiger partial charge in [-0.3, -0.25) is 4.98 Å². The van der Waals surface area contributed by atoms with Gasteiger partial charge in [-0.2, -0.15) is 5.26 Å². The highest BCUT2D eigenvalue weighted by Crippen LogP contribution is 2.05. The first-order valence-corrected chi connectivity index (χ1v) is 2.89. The second-order valence-electron chi connectivity index (χ2n) is 1.89. The molecule has 1 heterocycles. The van der Waals surface area contributed by atoms with Crippen molar-refractivity contribution >= 4 is 12.4 Å². The lowest BCUT2D eigenvalue weighted by Crippen LogP contribution is -2.06. The van der Waals surface area contributed by atoms with E-state index in [4.69, 9.17) is 11.0 Å². The number of pyridine rings is 1. The molecule has 4 heteroatoms. The van der Waals surface area contributed by atoms with E-state index >= 15 is 0 Å². The molecule has 0 saturated heterocycles. The monoisotopic (exact) mass is 169 g/mol. The summed E-state index contributed by atoms with van der Waals surface area (Å²) in [4.78, 5) is 3.80. The normalized spacial score (nSPS) is 10.9. The average molecular weight is 170 g/mol. The lowest BCUT2D eigenvalue weighted by molar-refractivity contribution is 0.921. The summed E-state index contributed by atoms with van der Waals surface area (Å²) in [6, 6.07) is 4.87. The maximum Gasteiger partial charge on any atom is 0.118 e. The van der Waals surface area contributed by atoms with Crippen LogP contribution in [0.2, 0.25) is 0 Å². The Morgan fingerprint density at radius 3 is 2.45 bits per heavy atom. The Morgan fingerprint density at radius 2 is 2.00 bits per heavy atom. The van der Waals surface area contributed by atoms with Crippen LogP contribution >= 0.6 is 12.4 Å². The van der Waals surface area contributed by atoms with Crippen LogP contribution in [0.3, 0.4) is 0 Å². The summed E-state index contributed by atoms with van der Waals surface area (Å²) in [6.45, 7) is 0. The molecular formula is C7H8ClN3. The minimum Gasteiger partial charge on any atom is -0.312 e. The molecule has 1 atom stereocenters. The number of hydrogen-bond donors (Lipinski definition) is 1. The molecule has 0 spiro atoms. The van der Waals surface area contributed by atoms with Gasteiger partial charge in [0.15, 0.2) is 0 Å². The van der Waals surface area contributed by atoms with E-state index < -0.39 is 6.04 Å². The van der Waals surface area contributed by atoms with E-state index in [1.165, 1.54) is 0 Å². The number of aromatic nitrogens is 1. The molecule has 0 saturated carbocycles. The summed E-state index contributed by atoms with van der Waals surface area (Å²) >= 11 is 0. The highest BCUT2D eigenvalue weighted by atomic mass is 35.5. The molecule has 1 aromatic rings. The van der Waals surface area contributed by atoms with Gasteiger partial charge in [-0.1, -0.05) is 0 Å². The Kier molecular flexibility index (Phi) is 4.20. The zero-order valence-electron chi connectivity index (χ0n) is 5.77. The SMILES string of the molecule is Cl.N#CC(N)c1ccncc1. The van der Waals surface area contributed by atoms with E-state index in [-0.39, 0.29) is 12.4 Å². The van der Waals surface area contributed by atoms with Gasteiger partial charge in [0, 0.05) is 12.4 Å². The third kappa shape index (κ3) is 2.54. The zero-order valence-corrected chi connectivity index (χ0v) is 6.58. The summed E-state index contributed by atoms with van der Waals surface area (Å²) in [6.07, 6.45) is 3.24. The maximum absolute atomic E-state index is 8.39. The first-order chi connectivity index (χ1) is 4.84. The van der Waals surface area contributed by atoms with Gasteiger partial charge in [0.2, 0.25) is 0 Å². The van der Waals surface area contributed by atoms with Gasteiger partial charge in [0.05, 0.1) is 6.07 Å². The predicted octanol–water partition coefficient (Wildman–Crippen LogP) is 1.03. The predicted molar refractivity (Wildman–Crippen MR) is 44.0 cm³/mol. The summed E-state index contributed by atoms with van der Waals surface area (Å²) in [5, 5.41) is 8.39. The summed E-state index contributed by atoms with van der Waals surface area (Å²) in [5.41, 5.74) is 6.21. The largest absolute Gasteiger partial charge is 0.312 e. The van der Waals surface area contributed by atoms with E-state index in [1.807, 2.05) is 6.07 Å². The second kappa shape index (κ2) is 4.67. The highest BCUT2D eigenvalue weighted by Gasteiger charge is 2.00. The van der Waals surface area contributed by atoms with E-state index in [2.05, 4.69) is 4.98 Å². The van der Waals surface area contributed by atoms with Crippen LogP contribution in [0.25, 0.3) is 0 Å². The Labute approximate surface area is 71.3 Å². The van der Waals surface area contributed by atoms with Crippen LogP contribution in [-0.4, -0.2) is 4.98 Å². The number of hydrogen-bond acceptors (Lipinski definition) is 3. The van der Waals surface area contributed by atoms with Crippen LogP contribution in [0.15, 0.2) is 24.5 Å². The molecule has 0 aliphatic rings. The third-order valence-corrected chi connectivity index (χ3v) is 1.20. The Morgan fingerprint density at radius 1 is 1.45 bits per heavy atom.